The number of alkyl carbamates (subject to hydrolysis) is 1. The van der Waals surface area contributed by atoms with Crippen molar-refractivity contribution in [2.75, 3.05) is 0 Å². The van der Waals surface area contributed by atoms with Crippen molar-refractivity contribution < 1.29 is 14.6 Å². The standard InChI is InChI=1S/C18H29NO3/c1-6-14(15-10-8-7-9-11-15)12-16(20)13(2)19-17(21)22-18(3,4)5/h7-11,13-14,16,20H,6,12H2,1-5H3,(H,19,21)/t13-,14-,16-/m0/s1. The molecule has 0 saturated heterocycles. The van der Waals surface area contributed by atoms with Gasteiger partial charge in [0.2, 0.25) is 0 Å². The van der Waals surface area contributed by atoms with E-state index < -0.39 is 17.8 Å². The normalized spacial score (nSPS) is 15.7. The number of carbonyl (C=O) groups is 1. The Labute approximate surface area is 133 Å². The zero-order valence-corrected chi connectivity index (χ0v) is 14.3. The van der Waals surface area contributed by atoms with Gasteiger partial charge in [-0.05, 0) is 52.0 Å². The van der Waals surface area contributed by atoms with Crippen molar-refractivity contribution in [2.24, 2.45) is 0 Å². The second-order valence-electron chi connectivity index (χ2n) is 6.75. The van der Waals surface area contributed by atoms with Crippen LogP contribution in [0.2, 0.25) is 0 Å². The molecule has 0 aliphatic carbocycles. The molecule has 0 radical (unpaired) electrons. The molecule has 4 nitrogen and oxygen atoms in total. The number of aliphatic hydroxyl groups excluding tert-OH is 1. The fourth-order valence-electron chi connectivity index (χ4n) is 2.35. The first-order chi connectivity index (χ1) is 10.2. The predicted molar refractivity (Wildman–Crippen MR) is 88.9 cm³/mol. The number of aliphatic hydroxyl groups is 1. The number of ether oxygens (including phenoxy) is 1. The van der Waals surface area contributed by atoms with E-state index in [1.807, 2.05) is 39.0 Å². The number of amides is 1. The lowest BCUT2D eigenvalue weighted by Crippen LogP contribution is -2.44. The molecule has 0 spiro atoms. The molecule has 0 saturated carbocycles. The maximum atomic E-state index is 11.8. The van der Waals surface area contributed by atoms with Gasteiger partial charge in [-0.2, -0.15) is 0 Å². The van der Waals surface area contributed by atoms with Crippen LogP contribution < -0.4 is 5.32 Å². The second-order valence-corrected chi connectivity index (χ2v) is 6.75. The minimum absolute atomic E-state index is 0.277. The van der Waals surface area contributed by atoms with Crippen LogP contribution >= 0.6 is 0 Å². The van der Waals surface area contributed by atoms with Crippen molar-refractivity contribution >= 4 is 6.09 Å². The van der Waals surface area contributed by atoms with Crippen LogP contribution in [0.25, 0.3) is 0 Å². The average Bonchev–Trinajstić information content (AvgIpc) is 2.43. The van der Waals surface area contributed by atoms with E-state index in [4.69, 9.17) is 4.74 Å². The summed E-state index contributed by atoms with van der Waals surface area (Å²) in [6.45, 7) is 9.35. The Morgan fingerprint density at radius 3 is 2.36 bits per heavy atom. The van der Waals surface area contributed by atoms with Crippen molar-refractivity contribution in [3.63, 3.8) is 0 Å². The fraction of sp³-hybridized carbons (Fsp3) is 0.611. The van der Waals surface area contributed by atoms with Crippen molar-refractivity contribution in [2.45, 2.75) is 71.1 Å². The van der Waals surface area contributed by atoms with Crippen LogP contribution in [-0.2, 0) is 4.74 Å². The molecule has 124 valence electrons. The van der Waals surface area contributed by atoms with Crippen molar-refractivity contribution in [3.8, 4) is 0 Å². The van der Waals surface area contributed by atoms with Gasteiger partial charge in [0.15, 0.2) is 0 Å². The van der Waals surface area contributed by atoms with Crippen molar-refractivity contribution in [1.29, 1.82) is 0 Å². The molecule has 3 atom stereocenters. The Morgan fingerprint density at radius 2 is 1.86 bits per heavy atom. The van der Waals surface area contributed by atoms with Gasteiger partial charge in [-0.25, -0.2) is 4.79 Å². The van der Waals surface area contributed by atoms with E-state index in [1.54, 1.807) is 6.92 Å². The van der Waals surface area contributed by atoms with Crippen LogP contribution in [0.4, 0.5) is 4.79 Å². The van der Waals surface area contributed by atoms with E-state index in [0.717, 1.165) is 6.42 Å². The Bertz CT molecular complexity index is 453. The summed E-state index contributed by atoms with van der Waals surface area (Å²) >= 11 is 0. The van der Waals surface area contributed by atoms with Gasteiger partial charge in [0, 0.05) is 0 Å². The fourth-order valence-corrected chi connectivity index (χ4v) is 2.35. The van der Waals surface area contributed by atoms with Crippen molar-refractivity contribution in [3.05, 3.63) is 35.9 Å². The monoisotopic (exact) mass is 307 g/mol. The topological polar surface area (TPSA) is 58.6 Å². The molecular formula is C18H29NO3. The number of hydrogen-bond donors (Lipinski definition) is 2. The molecule has 1 aromatic carbocycles. The van der Waals surface area contributed by atoms with Gasteiger partial charge in [-0.3, -0.25) is 0 Å². The summed E-state index contributed by atoms with van der Waals surface area (Å²) in [7, 11) is 0. The molecule has 1 aromatic rings. The quantitative estimate of drug-likeness (QED) is 0.839. The maximum absolute atomic E-state index is 11.8. The zero-order chi connectivity index (χ0) is 16.8. The highest BCUT2D eigenvalue weighted by molar-refractivity contribution is 5.68. The first kappa shape index (κ1) is 18.5. The summed E-state index contributed by atoms with van der Waals surface area (Å²) < 4.78 is 5.21. The minimum atomic E-state index is -0.613. The highest BCUT2D eigenvalue weighted by Gasteiger charge is 2.23. The Hall–Kier alpha value is -1.55. The lowest BCUT2D eigenvalue weighted by molar-refractivity contribution is 0.0421. The van der Waals surface area contributed by atoms with E-state index in [1.165, 1.54) is 5.56 Å². The van der Waals surface area contributed by atoms with E-state index in [-0.39, 0.29) is 12.0 Å². The van der Waals surface area contributed by atoms with Gasteiger partial charge in [-0.15, -0.1) is 0 Å². The summed E-state index contributed by atoms with van der Waals surface area (Å²) in [5.41, 5.74) is 0.679. The summed E-state index contributed by atoms with van der Waals surface area (Å²) in [5.74, 6) is 0.277. The molecule has 0 aliphatic rings. The number of carbonyl (C=O) groups excluding carboxylic acids is 1. The molecule has 0 unspecified atom stereocenters. The number of rotatable bonds is 6. The van der Waals surface area contributed by atoms with Crippen LogP contribution in [0, 0.1) is 0 Å². The van der Waals surface area contributed by atoms with Crippen LogP contribution in [-0.4, -0.2) is 28.9 Å². The van der Waals surface area contributed by atoms with Crippen LogP contribution in [0.1, 0.15) is 58.9 Å². The summed E-state index contributed by atoms with van der Waals surface area (Å²) in [4.78, 5) is 11.8. The molecule has 0 bridgehead atoms. The van der Waals surface area contributed by atoms with Gasteiger partial charge >= 0.3 is 6.09 Å². The van der Waals surface area contributed by atoms with E-state index in [2.05, 4.69) is 24.4 Å². The first-order valence-corrected chi connectivity index (χ1v) is 7.95. The molecular weight excluding hydrogens is 278 g/mol. The van der Waals surface area contributed by atoms with Gasteiger partial charge in [0.25, 0.3) is 0 Å². The summed E-state index contributed by atoms with van der Waals surface area (Å²) in [6, 6.07) is 9.80. The van der Waals surface area contributed by atoms with Gasteiger partial charge in [-0.1, -0.05) is 37.3 Å². The van der Waals surface area contributed by atoms with Gasteiger partial charge in [0.1, 0.15) is 5.60 Å². The minimum Gasteiger partial charge on any atom is -0.444 e. The SMILES string of the molecule is CC[C@@H](C[C@H](O)[C@H](C)NC(=O)OC(C)(C)C)c1ccccc1. The lowest BCUT2D eigenvalue weighted by Gasteiger charge is -2.26. The molecule has 0 fully saturated rings. The molecule has 0 heterocycles. The van der Waals surface area contributed by atoms with Crippen LogP contribution in [0.15, 0.2) is 30.3 Å². The Morgan fingerprint density at radius 1 is 1.27 bits per heavy atom. The van der Waals surface area contributed by atoms with E-state index in [9.17, 15) is 9.90 Å². The van der Waals surface area contributed by atoms with Gasteiger partial charge < -0.3 is 15.2 Å². The molecule has 1 rings (SSSR count). The van der Waals surface area contributed by atoms with Crippen molar-refractivity contribution in [1.82, 2.24) is 5.32 Å². The van der Waals surface area contributed by atoms with E-state index >= 15 is 0 Å². The second kappa shape index (κ2) is 8.18. The van der Waals surface area contributed by atoms with Gasteiger partial charge in [0.05, 0.1) is 12.1 Å². The lowest BCUT2D eigenvalue weighted by atomic mass is 9.89. The largest absolute Gasteiger partial charge is 0.444 e. The highest BCUT2D eigenvalue weighted by atomic mass is 16.6. The maximum Gasteiger partial charge on any atom is 0.407 e. The summed E-state index contributed by atoms with van der Waals surface area (Å²) in [5, 5.41) is 13.1. The van der Waals surface area contributed by atoms with E-state index in [0.29, 0.717) is 6.42 Å². The average molecular weight is 307 g/mol. The smallest absolute Gasteiger partial charge is 0.407 e. The Balaban J connectivity index is 2.55. The number of nitrogens with one attached hydrogen (secondary N) is 1. The highest BCUT2D eigenvalue weighted by Crippen LogP contribution is 2.25. The molecule has 0 aromatic heterocycles. The zero-order valence-electron chi connectivity index (χ0n) is 14.3. The number of benzene rings is 1. The molecule has 2 N–H and O–H groups in total. The third-order valence-electron chi connectivity index (χ3n) is 3.61. The molecule has 1 amide bonds. The Kier molecular flexibility index (Phi) is 6.88. The predicted octanol–water partition coefficient (Wildman–Crippen LogP) is 3.84. The van der Waals surface area contributed by atoms with Crippen LogP contribution in [0.5, 0.6) is 0 Å². The third-order valence-corrected chi connectivity index (χ3v) is 3.61. The summed E-state index contributed by atoms with van der Waals surface area (Å²) in [6.07, 6.45) is 0.446. The third kappa shape index (κ3) is 6.48. The van der Waals surface area contributed by atoms with Crippen LogP contribution in [0.3, 0.4) is 0 Å². The molecule has 22 heavy (non-hydrogen) atoms. The molecule has 4 heteroatoms. The molecule has 0 aliphatic heterocycles. The number of hydrogen-bond acceptors (Lipinski definition) is 3. The first-order valence-electron chi connectivity index (χ1n) is 7.95.